The van der Waals surface area contributed by atoms with Crippen LogP contribution in [0.5, 0.6) is 0 Å². The number of unbranched alkanes of at least 4 members (excludes halogenated alkanes) is 1. The van der Waals surface area contributed by atoms with E-state index >= 15 is 0 Å². The van der Waals surface area contributed by atoms with Gasteiger partial charge in [0, 0.05) is 18.5 Å². The maximum absolute atomic E-state index is 12.7. The predicted octanol–water partition coefficient (Wildman–Crippen LogP) is 3.18. The van der Waals surface area contributed by atoms with Crippen molar-refractivity contribution in [1.29, 1.82) is 0 Å². The minimum Gasteiger partial charge on any atom is -0.339 e. The highest BCUT2D eigenvalue weighted by Crippen LogP contribution is 2.31. The number of rotatable bonds is 8. The van der Waals surface area contributed by atoms with Crippen LogP contribution in [-0.4, -0.2) is 29.9 Å². The van der Waals surface area contributed by atoms with Gasteiger partial charge < -0.3 is 10.6 Å². The molecule has 1 aliphatic carbocycles. The first-order valence-electron chi connectivity index (χ1n) is 8.19. The summed E-state index contributed by atoms with van der Waals surface area (Å²) in [7, 11) is 0. The molecule has 3 nitrogen and oxygen atoms in total. The molecule has 112 valence electrons. The zero-order valence-corrected chi connectivity index (χ0v) is 13.0. The van der Waals surface area contributed by atoms with Crippen LogP contribution in [0.15, 0.2) is 0 Å². The number of amides is 1. The van der Waals surface area contributed by atoms with Gasteiger partial charge in [-0.1, -0.05) is 33.1 Å². The lowest BCUT2D eigenvalue weighted by Gasteiger charge is -2.34. The monoisotopic (exact) mass is 268 g/mol. The third-order valence-corrected chi connectivity index (χ3v) is 4.69. The van der Waals surface area contributed by atoms with E-state index < -0.39 is 0 Å². The molecule has 0 saturated heterocycles. The molecule has 0 spiro atoms. The average Bonchev–Trinajstić information content (AvgIpc) is 2.89. The first-order valence-corrected chi connectivity index (χ1v) is 8.19. The summed E-state index contributed by atoms with van der Waals surface area (Å²) >= 11 is 0. The maximum atomic E-state index is 12.7. The van der Waals surface area contributed by atoms with Gasteiger partial charge in [0.1, 0.15) is 0 Å². The Hall–Kier alpha value is -0.570. The lowest BCUT2D eigenvalue weighted by molar-refractivity contribution is -0.138. The molecule has 19 heavy (non-hydrogen) atoms. The Labute approximate surface area is 118 Å². The van der Waals surface area contributed by atoms with Gasteiger partial charge in [-0.3, -0.25) is 4.79 Å². The number of hydrogen-bond donors (Lipinski definition) is 1. The molecular formula is C16H32N2O. The summed E-state index contributed by atoms with van der Waals surface area (Å²) in [6, 6.07) is 0.401. The van der Waals surface area contributed by atoms with E-state index in [1.165, 1.54) is 19.3 Å². The Morgan fingerprint density at radius 2 is 2.05 bits per heavy atom. The summed E-state index contributed by atoms with van der Waals surface area (Å²) in [5.74, 6) is 1.12. The molecule has 3 atom stereocenters. The zero-order valence-electron chi connectivity index (χ0n) is 13.0. The van der Waals surface area contributed by atoms with Crippen molar-refractivity contribution in [2.75, 3.05) is 13.1 Å². The highest BCUT2D eigenvalue weighted by Gasteiger charge is 2.34. The quantitative estimate of drug-likeness (QED) is 0.735. The first-order chi connectivity index (χ1) is 9.19. The van der Waals surface area contributed by atoms with Crippen LogP contribution in [-0.2, 0) is 4.79 Å². The van der Waals surface area contributed by atoms with Gasteiger partial charge in [-0.2, -0.15) is 0 Å². The molecule has 0 aliphatic heterocycles. The highest BCUT2D eigenvalue weighted by atomic mass is 16.2. The molecular weight excluding hydrogens is 236 g/mol. The van der Waals surface area contributed by atoms with Crippen LogP contribution in [0.1, 0.15) is 65.7 Å². The largest absolute Gasteiger partial charge is 0.339 e. The molecule has 1 amide bonds. The van der Waals surface area contributed by atoms with Gasteiger partial charge >= 0.3 is 0 Å². The SMILES string of the molecule is CCCCC(CC)C(=O)N(CC)C1CCCC1CN. The molecule has 0 radical (unpaired) electrons. The number of nitrogens with two attached hydrogens (primary N) is 1. The second-order valence-electron chi connectivity index (χ2n) is 5.87. The van der Waals surface area contributed by atoms with E-state index in [1.54, 1.807) is 0 Å². The summed E-state index contributed by atoms with van der Waals surface area (Å²) in [6.07, 6.45) is 7.90. The predicted molar refractivity (Wildman–Crippen MR) is 80.9 cm³/mol. The molecule has 1 rings (SSSR count). The van der Waals surface area contributed by atoms with Crippen molar-refractivity contribution in [3.63, 3.8) is 0 Å². The molecule has 1 aliphatic rings. The Bertz CT molecular complexity index is 267. The fraction of sp³-hybridized carbons (Fsp3) is 0.938. The molecule has 0 heterocycles. The van der Waals surface area contributed by atoms with Gasteiger partial charge in [0.2, 0.25) is 5.91 Å². The normalized spacial score (nSPS) is 24.4. The van der Waals surface area contributed by atoms with Crippen molar-refractivity contribution in [2.45, 2.75) is 71.8 Å². The Kier molecular flexibility index (Phi) is 7.44. The highest BCUT2D eigenvalue weighted by molar-refractivity contribution is 5.79. The van der Waals surface area contributed by atoms with Crippen LogP contribution < -0.4 is 5.73 Å². The molecule has 3 heteroatoms. The summed E-state index contributed by atoms with van der Waals surface area (Å²) in [4.78, 5) is 14.9. The van der Waals surface area contributed by atoms with Crippen molar-refractivity contribution < 1.29 is 4.79 Å². The molecule has 0 bridgehead atoms. The maximum Gasteiger partial charge on any atom is 0.225 e. The Morgan fingerprint density at radius 1 is 1.32 bits per heavy atom. The van der Waals surface area contributed by atoms with Crippen molar-refractivity contribution in [1.82, 2.24) is 4.90 Å². The molecule has 0 aromatic heterocycles. The number of nitrogens with zero attached hydrogens (tertiary/aromatic N) is 1. The van der Waals surface area contributed by atoms with Crippen LogP contribution in [0.2, 0.25) is 0 Å². The topological polar surface area (TPSA) is 46.3 Å². The van der Waals surface area contributed by atoms with Crippen molar-refractivity contribution >= 4 is 5.91 Å². The minimum atomic E-state index is 0.221. The second-order valence-corrected chi connectivity index (χ2v) is 5.87. The van der Waals surface area contributed by atoms with Crippen LogP contribution >= 0.6 is 0 Å². The van der Waals surface area contributed by atoms with Crippen LogP contribution in [0.25, 0.3) is 0 Å². The van der Waals surface area contributed by atoms with E-state index in [0.717, 1.165) is 38.8 Å². The number of hydrogen-bond acceptors (Lipinski definition) is 2. The summed E-state index contributed by atoms with van der Waals surface area (Å²) in [5, 5.41) is 0. The lowest BCUT2D eigenvalue weighted by atomic mass is 9.95. The van der Waals surface area contributed by atoms with Gasteiger partial charge in [-0.05, 0) is 45.1 Å². The summed E-state index contributed by atoms with van der Waals surface area (Å²) in [5.41, 5.74) is 5.87. The molecule has 3 unspecified atom stereocenters. The van der Waals surface area contributed by atoms with E-state index in [1.807, 2.05) is 0 Å². The molecule has 0 aromatic carbocycles. The first kappa shape index (κ1) is 16.5. The summed E-state index contributed by atoms with van der Waals surface area (Å²) < 4.78 is 0. The zero-order chi connectivity index (χ0) is 14.3. The van der Waals surface area contributed by atoms with Gasteiger partial charge in [0.05, 0.1) is 0 Å². The molecule has 1 fully saturated rings. The van der Waals surface area contributed by atoms with Gasteiger partial charge in [-0.25, -0.2) is 0 Å². The van der Waals surface area contributed by atoms with E-state index in [2.05, 4.69) is 25.7 Å². The average molecular weight is 268 g/mol. The summed E-state index contributed by atoms with van der Waals surface area (Å²) in [6.45, 7) is 8.00. The fourth-order valence-electron chi connectivity index (χ4n) is 3.44. The third-order valence-electron chi connectivity index (χ3n) is 4.69. The van der Waals surface area contributed by atoms with Crippen molar-refractivity contribution in [3.05, 3.63) is 0 Å². The van der Waals surface area contributed by atoms with Crippen molar-refractivity contribution in [2.24, 2.45) is 17.6 Å². The molecule has 0 aromatic rings. The standard InChI is InChI=1S/C16H32N2O/c1-4-7-9-13(5-2)16(19)18(6-3)15-11-8-10-14(15)12-17/h13-15H,4-12,17H2,1-3H3. The van der Waals surface area contributed by atoms with E-state index in [-0.39, 0.29) is 5.92 Å². The van der Waals surface area contributed by atoms with Crippen LogP contribution in [0, 0.1) is 11.8 Å². The third kappa shape index (κ3) is 4.20. The number of carbonyl (C=O) groups is 1. The Balaban J connectivity index is 2.68. The second kappa shape index (κ2) is 8.57. The van der Waals surface area contributed by atoms with Crippen LogP contribution in [0.3, 0.4) is 0 Å². The Morgan fingerprint density at radius 3 is 2.58 bits per heavy atom. The minimum absolute atomic E-state index is 0.221. The van der Waals surface area contributed by atoms with E-state index in [9.17, 15) is 4.79 Å². The van der Waals surface area contributed by atoms with Gasteiger partial charge in [0.15, 0.2) is 0 Å². The van der Waals surface area contributed by atoms with Crippen LogP contribution in [0.4, 0.5) is 0 Å². The lowest BCUT2D eigenvalue weighted by Crippen LogP contribution is -2.46. The molecule has 2 N–H and O–H groups in total. The smallest absolute Gasteiger partial charge is 0.225 e. The van der Waals surface area contributed by atoms with Gasteiger partial charge in [0.25, 0.3) is 0 Å². The number of carbonyl (C=O) groups excluding carboxylic acids is 1. The van der Waals surface area contributed by atoms with E-state index in [4.69, 9.17) is 5.73 Å². The van der Waals surface area contributed by atoms with Gasteiger partial charge in [-0.15, -0.1) is 0 Å². The van der Waals surface area contributed by atoms with Crippen molar-refractivity contribution in [3.8, 4) is 0 Å². The van der Waals surface area contributed by atoms with E-state index in [0.29, 0.717) is 17.9 Å². The molecule has 1 saturated carbocycles. The fourth-order valence-corrected chi connectivity index (χ4v) is 3.44.